The third kappa shape index (κ3) is 6.77. The van der Waals surface area contributed by atoms with Crippen molar-refractivity contribution >= 4 is 0 Å². The Bertz CT molecular complexity index is 440. The Kier molecular flexibility index (Phi) is 7.87. The number of nitrogens with one attached hydrogen (secondary N) is 1. The zero-order valence-corrected chi connectivity index (χ0v) is 14.6. The van der Waals surface area contributed by atoms with Crippen molar-refractivity contribution in [1.82, 2.24) is 5.32 Å². The van der Waals surface area contributed by atoms with Gasteiger partial charge in [0.1, 0.15) is 18.5 Å². The summed E-state index contributed by atoms with van der Waals surface area (Å²) in [5, 5.41) is 13.1. The summed E-state index contributed by atoms with van der Waals surface area (Å²) in [6, 6.07) is 6.25. The number of rotatable bonds is 9. The summed E-state index contributed by atoms with van der Waals surface area (Å²) in [5.74, 6) is 0.839. The Labute approximate surface area is 134 Å². The van der Waals surface area contributed by atoms with Crippen molar-refractivity contribution in [2.45, 2.75) is 45.6 Å². The maximum Gasteiger partial charge on any atom is 0.122 e. The zero-order valence-electron chi connectivity index (χ0n) is 14.6. The topological polar surface area (TPSA) is 50.7 Å². The molecule has 0 amide bonds. The first kappa shape index (κ1) is 18.9. The first-order valence-electron chi connectivity index (χ1n) is 7.96. The number of hydrogen-bond donors (Lipinski definition) is 2. The van der Waals surface area contributed by atoms with E-state index in [0.717, 1.165) is 30.9 Å². The Balaban J connectivity index is 2.38. The molecule has 126 valence electrons. The average molecular weight is 309 g/mol. The Morgan fingerprint density at radius 1 is 1.27 bits per heavy atom. The van der Waals surface area contributed by atoms with E-state index in [1.807, 2.05) is 13.0 Å². The van der Waals surface area contributed by atoms with Gasteiger partial charge in [-0.3, -0.25) is 0 Å². The fraction of sp³-hybridized carbons (Fsp3) is 0.667. The highest BCUT2D eigenvalue weighted by Crippen LogP contribution is 2.27. The fourth-order valence-corrected chi connectivity index (χ4v) is 2.13. The van der Waals surface area contributed by atoms with Crippen LogP contribution in [0, 0.1) is 6.92 Å². The average Bonchev–Trinajstić information content (AvgIpc) is 2.44. The van der Waals surface area contributed by atoms with Gasteiger partial charge in [-0.2, -0.15) is 0 Å². The van der Waals surface area contributed by atoms with Gasteiger partial charge in [0.2, 0.25) is 0 Å². The van der Waals surface area contributed by atoms with Crippen molar-refractivity contribution in [3.8, 4) is 5.75 Å². The smallest absolute Gasteiger partial charge is 0.122 e. The van der Waals surface area contributed by atoms with Crippen molar-refractivity contribution in [2.24, 2.45) is 0 Å². The van der Waals surface area contributed by atoms with Gasteiger partial charge in [0.25, 0.3) is 0 Å². The Hall–Kier alpha value is -1.10. The van der Waals surface area contributed by atoms with E-state index in [9.17, 15) is 5.11 Å². The molecule has 1 aromatic rings. The molecule has 0 saturated carbocycles. The lowest BCUT2D eigenvalue weighted by atomic mass is 9.86. The highest BCUT2D eigenvalue weighted by molar-refractivity contribution is 5.38. The van der Waals surface area contributed by atoms with Crippen molar-refractivity contribution in [1.29, 1.82) is 0 Å². The fourth-order valence-electron chi connectivity index (χ4n) is 2.13. The Morgan fingerprint density at radius 3 is 2.59 bits per heavy atom. The second-order valence-corrected chi connectivity index (χ2v) is 6.75. The van der Waals surface area contributed by atoms with Crippen LogP contribution in [0.25, 0.3) is 0 Å². The first-order chi connectivity index (χ1) is 10.3. The van der Waals surface area contributed by atoms with Crippen LogP contribution < -0.4 is 10.1 Å². The summed E-state index contributed by atoms with van der Waals surface area (Å²) >= 11 is 0. The molecule has 0 fully saturated rings. The summed E-state index contributed by atoms with van der Waals surface area (Å²) in [6.07, 6.45) is 0.432. The maximum absolute atomic E-state index is 9.92. The summed E-state index contributed by atoms with van der Waals surface area (Å²) in [5.41, 5.74) is 2.53. The lowest BCUT2D eigenvalue weighted by molar-refractivity contribution is 0.105. The van der Waals surface area contributed by atoms with E-state index < -0.39 is 6.10 Å². The van der Waals surface area contributed by atoms with Crippen LogP contribution in [0.1, 0.15) is 38.3 Å². The predicted molar refractivity (Wildman–Crippen MR) is 90.7 cm³/mol. The quantitative estimate of drug-likeness (QED) is 0.689. The van der Waals surface area contributed by atoms with Gasteiger partial charge < -0.3 is 19.9 Å². The number of hydrogen-bond acceptors (Lipinski definition) is 4. The molecule has 1 aromatic carbocycles. The van der Waals surface area contributed by atoms with Gasteiger partial charge in [0.15, 0.2) is 0 Å². The van der Waals surface area contributed by atoms with E-state index in [-0.39, 0.29) is 5.41 Å². The van der Waals surface area contributed by atoms with Crippen molar-refractivity contribution in [3.63, 3.8) is 0 Å². The normalized spacial score (nSPS) is 13.2. The molecule has 0 heterocycles. The minimum atomic E-state index is -0.510. The van der Waals surface area contributed by atoms with Crippen molar-refractivity contribution in [3.05, 3.63) is 29.3 Å². The molecular formula is C18H31NO3. The maximum atomic E-state index is 9.92. The van der Waals surface area contributed by atoms with Gasteiger partial charge in [0.05, 0.1) is 0 Å². The number of methoxy groups -OCH3 is 1. The molecule has 0 unspecified atom stereocenters. The summed E-state index contributed by atoms with van der Waals surface area (Å²) in [7, 11) is 1.69. The predicted octanol–water partition coefficient (Wildman–Crippen LogP) is 2.66. The highest BCUT2D eigenvalue weighted by atomic mass is 16.5. The van der Waals surface area contributed by atoms with Crippen LogP contribution >= 0.6 is 0 Å². The molecule has 22 heavy (non-hydrogen) atoms. The third-order valence-corrected chi connectivity index (χ3v) is 3.55. The number of benzene rings is 1. The van der Waals surface area contributed by atoms with Crippen LogP contribution in [0.5, 0.6) is 5.75 Å². The molecule has 0 saturated heterocycles. The van der Waals surface area contributed by atoms with Gasteiger partial charge in [-0.1, -0.05) is 32.9 Å². The molecule has 2 N–H and O–H groups in total. The second kappa shape index (κ2) is 9.13. The van der Waals surface area contributed by atoms with Crippen LogP contribution in [0.4, 0.5) is 0 Å². The van der Waals surface area contributed by atoms with Gasteiger partial charge >= 0.3 is 0 Å². The molecule has 0 bridgehead atoms. The Morgan fingerprint density at radius 2 is 2.00 bits per heavy atom. The molecule has 0 spiro atoms. The van der Waals surface area contributed by atoms with E-state index in [1.165, 1.54) is 5.56 Å². The highest BCUT2D eigenvalue weighted by Gasteiger charge is 2.15. The molecule has 0 aliphatic heterocycles. The SMILES string of the molecule is COCCCNC[C@H](O)COc1ccc(C(C)(C)C)cc1C. The number of aliphatic hydroxyl groups is 1. The molecular weight excluding hydrogens is 278 g/mol. The zero-order chi connectivity index (χ0) is 16.6. The standard InChI is InChI=1S/C18H31NO3/c1-14-11-15(18(2,3)4)7-8-17(14)22-13-16(20)12-19-9-6-10-21-5/h7-8,11,16,19-20H,6,9-10,12-13H2,1-5H3/t16-/m0/s1. The van der Waals surface area contributed by atoms with Crippen molar-refractivity contribution < 1.29 is 14.6 Å². The number of aryl methyl sites for hydroxylation is 1. The van der Waals surface area contributed by atoms with E-state index in [4.69, 9.17) is 9.47 Å². The van der Waals surface area contributed by atoms with E-state index in [1.54, 1.807) is 7.11 Å². The van der Waals surface area contributed by atoms with Crippen LogP contribution in [0.2, 0.25) is 0 Å². The van der Waals surface area contributed by atoms with E-state index >= 15 is 0 Å². The van der Waals surface area contributed by atoms with Crippen LogP contribution in [-0.4, -0.2) is 44.6 Å². The minimum Gasteiger partial charge on any atom is -0.491 e. The van der Waals surface area contributed by atoms with Crippen LogP contribution in [0.15, 0.2) is 18.2 Å². The van der Waals surface area contributed by atoms with Gasteiger partial charge in [-0.05, 0) is 42.5 Å². The molecule has 0 radical (unpaired) electrons. The molecule has 0 aliphatic rings. The van der Waals surface area contributed by atoms with Gasteiger partial charge in [0, 0.05) is 20.3 Å². The number of ether oxygens (including phenoxy) is 2. The third-order valence-electron chi connectivity index (χ3n) is 3.55. The van der Waals surface area contributed by atoms with Gasteiger partial charge in [-0.15, -0.1) is 0 Å². The minimum absolute atomic E-state index is 0.134. The van der Waals surface area contributed by atoms with Gasteiger partial charge in [-0.25, -0.2) is 0 Å². The molecule has 0 aromatic heterocycles. The van der Waals surface area contributed by atoms with Crippen LogP contribution in [0.3, 0.4) is 0 Å². The lowest BCUT2D eigenvalue weighted by Gasteiger charge is -2.21. The van der Waals surface area contributed by atoms with E-state index in [0.29, 0.717) is 13.2 Å². The first-order valence-corrected chi connectivity index (χ1v) is 7.96. The van der Waals surface area contributed by atoms with Crippen LogP contribution in [-0.2, 0) is 10.2 Å². The number of aliphatic hydroxyl groups excluding tert-OH is 1. The molecule has 1 atom stereocenters. The summed E-state index contributed by atoms with van der Waals surface area (Å²) in [6.45, 7) is 11.0. The molecule has 0 aliphatic carbocycles. The van der Waals surface area contributed by atoms with E-state index in [2.05, 4.69) is 38.2 Å². The lowest BCUT2D eigenvalue weighted by Crippen LogP contribution is -2.32. The largest absolute Gasteiger partial charge is 0.491 e. The second-order valence-electron chi connectivity index (χ2n) is 6.75. The molecule has 4 nitrogen and oxygen atoms in total. The summed E-state index contributed by atoms with van der Waals surface area (Å²) in [4.78, 5) is 0. The molecule has 4 heteroatoms. The molecule has 1 rings (SSSR count). The summed E-state index contributed by atoms with van der Waals surface area (Å²) < 4.78 is 10.7. The van der Waals surface area contributed by atoms with Crippen molar-refractivity contribution in [2.75, 3.05) is 33.4 Å². The monoisotopic (exact) mass is 309 g/mol.